The lowest BCUT2D eigenvalue weighted by Crippen LogP contribution is -2.16. The van der Waals surface area contributed by atoms with Crippen LogP contribution in [0, 0.1) is 0 Å². The van der Waals surface area contributed by atoms with Gasteiger partial charge in [0.15, 0.2) is 5.78 Å². The molecule has 0 aliphatic heterocycles. The monoisotopic (exact) mass is 423 g/mol. The third-order valence-corrected chi connectivity index (χ3v) is 4.39. The highest BCUT2D eigenvalue weighted by molar-refractivity contribution is 6.00. The minimum atomic E-state index is -4.56. The number of methoxy groups -OCH3 is 1. The first-order chi connectivity index (χ1) is 14.2. The summed E-state index contributed by atoms with van der Waals surface area (Å²) in [6.45, 7) is 2.35. The normalized spacial score (nSPS) is 11.2. The number of anilines is 1. The summed E-state index contributed by atoms with van der Waals surface area (Å²) in [5.41, 5.74) is 0.562. The summed E-state index contributed by atoms with van der Waals surface area (Å²) in [5, 5.41) is 2.42. The van der Waals surface area contributed by atoms with Crippen LogP contribution >= 0.6 is 0 Å². The third kappa shape index (κ3) is 6.88. The average molecular weight is 423 g/mol. The number of hydrogen-bond donors (Lipinski definition) is 1. The lowest BCUT2D eigenvalue weighted by atomic mass is 10.0. The van der Waals surface area contributed by atoms with Gasteiger partial charge in [-0.2, -0.15) is 13.2 Å². The summed E-state index contributed by atoms with van der Waals surface area (Å²) in [5.74, 6) is -0.701. The van der Waals surface area contributed by atoms with Gasteiger partial charge in [0.2, 0.25) is 5.91 Å². The molecule has 0 heterocycles. The molecule has 2 aromatic rings. The molecule has 2 aromatic carbocycles. The number of amides is 1. The van der Waals surface area contributed by atoms with Gasteiger partial charge in [-0.25, -0.2) is 0 Å². The molecule has 0 aliphatic carbocycles. The zero-order valence-corrected chi connectivity index (χ0v) is 16.8. The Kier molecular flexibility index (Phi) is 8.41. The van der Waals surface area contributed by atoms with Crippen LogP contribution in [0.1, 0.15) is 41.3 Å². The Morgan fingerprint density at radius 1 is 1.00 bits per heavy atom. The van der Waals surface area contributed by atoms with Gasteiger partial charge in [0.1, 0.15) is 12.4 Å². The molecule has 0 fully saturated rings. The molecule has 0 spiro atoms. The molecular weight excluding hydrogens is 399 g/mol. The van der Waals surface area contributed by atoms with Crippen molar-refractivity contribution in [1.29, 1.82) is 0 Å². The lowest BCUT2D eigenvalue weighted by molar-refractivity contribution is -0.137. The average Bonchev–Trinajstić information content (AvgIpc) is 2.72. The summed E-state index contributed by atoms with van der Waals surface area (Å²) in [6, 6.07) is 9.93. The van der Waals surface area contributed by atoms with Crippen LogP contribution in [0.4, 0.5) is 18.9 Å². The van der Waals surface area contributed by atoms with Crippen molar-refractivity contribution in [2.45, 2.75) is 32.4 Å². The maximum absolute atomic E-state index is 13.0. The van der Waals surface area contributed by atoms with E-state index >= 15 is 0 Å². The smallest absolute Gasteiger partial charge is 0.416 e. The van der Waals surface area contributed by atoms with Gasteiger partial charge >= 0.3 is 6.18 Å². The van der Waals surface area contributed by atoms with Crippen LogP contribution in [0.3, 0.4) is 0 Å². The molecule has 162 valence electrons. The minimum Gasteiger partial charge on any atom is -0.489 e. The van der Waals surface area contributed by atoms with E-state index in [1.807, 2.05) is 19.1 Å². The van der Waals surface area contributed by atoms with Crippen LogP contribution in [-0.2, 0) is 22.1 Å². The highest BCUT2D eigenvalue weighted by atomic mass is 19.4. The first-order valence-electron chi connectivity index (χ1n) is 9.49. The Hall–Kier alpha value is -2.87. The van der Waals surface area contributed by atoms with Gasteiger partial charge < -0.3 is 14.8 Å². The van der Waals surface area contributed by atoms with Gasteiger partial charge in [-0.15, -0.1) is 0 Å². The standard InChI is InChI=1S/C22H24F3NO4/c1-3-15-4-6-16(7-5-15)19(27)9-11-21(28)26-18-14-17(22(23,24)25)8-10-20(18)30-13-12-29-2/h4-8,10,14H,3,9,11-13H2,1-2H3,(H,26,28). The highest BCUT2D eigenvalue weighted by Crippen LogP contribution is 2.35. The van der Waals surface area contributed by atoms with E-state index in [0.717, 1.165) is 30.2 Å². The highest BCUT2D eigenvalue weighted by Gasteiger charge is 2.31. The SMILES string of the molecule is CCc1ccc(C(=O)CCC(=O)Nc2cc(C(F)(F)F)ccc2OCCOC)cc1. The van der Waals surface area contributed by atoms with Crippen molar-refractivity contribution >= 4 is 17.4 Å². The predicted octanol–water partition coefficient (Wildman–Crippen LogP) is 4.89. The van der Waals surface area contributed by atoms with Crippen molar-refractivity contribution < 1.29 is 32.2 Å². The third-order valence-electron chi connectivity index (χ3n) is 4.39. The quantitative estimate of drug-likeness (QED) is 0.436. The van der Waals surface area contributed by atoms with E-state index in [4.69, 9.17) is 9.47 Å². The van der Waals surface area contributed by atoms with Crippen molar-refractivity contribution in [3.8, 4) is 5.75 Å². The number of hydrogen-bond acceptors (Lipinski definition) is 4. The molecule has 0 aromatic heterocycles. The van der Waals surface area contributed by atoms with Crippen LogP contribution in [0.25, 0.3) is 0 Å². The summed E-state index contributed by atoms with van der Waals surface area (Å²) in [4.78, 5) is 24.5. The Labute approximate surface area is 173 Å². The largest absolute Gasteiger partial charge is 0.489 e. The second kappa shape index (κ2) is 10.8. The molecule has 0 saturated carbocycles. The summed E-state index contributed by atoms with van der Waals surface area (Å²) in [7, 11) is 1.46. The van der Waals surface area contributed by atoms with Crippen LogP contribution in [-0.4, -0.2) is 32.0 Å². The fourth-order valence-corrected chi connectivity index (χ4v) is 2.68. The Balaban J connectivity index is 2.04. The molecule has 1 amide bonds. The molecular formula is C22H24F3NO4. The van der Waals surface area contributed by atoms with Gasteiger partial charge in [0.05, 0.1) is 17.9 Å². The number of rotatable bonds is 10. The Morgan fingerprint density at radius 2 is 1.70 bits per heavy atom. The minimum absolute atomic E-state index is 0.0594. The maximum atomic E-state index is 13.0. The molecule has 5 nitrogen and oxygen atoms in total. The number of halogens is 3. The molecule has 1 N–H and O–H groups in total. The number of ether oxygens (including phenoxy) is 2. The fourth-order valence-electron chi connectivity index (χ4n) is 2.68. The van der Waals surface area contributed by atoms with Crippen LogP contribution in [0.15, 0.2) is 42.5 Å². The number of carbonyl (C=O) groups excluding carboxylic acids is 2. The molecule has 0 radical (unpaired) electrons. The molecule has 0 saturated heterocycles. The van der Waals surface area contributed by atoms with Crippen molar-refractivity contribution in [3.05, 3.63) is 59.2 Å². The lowest BCUT2D eigenvalue weighted by Gasteiger charge is -2.15. The number of aryl methyl sites for hydroxylation is 1. The molecule has 2 rings (SSSR count). The van der Waals surface area contributed by atoms with Gasteiger partial charge in [-0.1, -0.05) is 31.2 Å². The topological polar surface area (TPSA) is 64.6 Å². The summed E-state index contributed by atoms with van der Waals surface area (Å²) in [6.07, 6.45) is -3.94. The zero-order chi connectivity index (χ0) is 22.1. The van der Waals surface area contributed by atoms with Crippen LogP contribution < -0.4 is 10.1 Å². The maximum Gasteiger partial charge on any atom is 0.416 e. The molecule has 8 heteroatoms. The van der Waals surface area contributed by atoms with Gasteiger partial charge in [-0.3, -0.25) is 9.59 Å². The predicted molar refractivity (Wildman–Crippen MR) is 107 cm³/mol. The fraction of sp³-hybridized carbons (Fsp3) is 0.364. The second-order valence-electron chi connectivity index (χ2n) is 6.57. The van der Waals surface area contributed by atoms with Crippen LogP contribution in [0.2, 0.25) is 0 Å². The molecule has 0 bridgehead atoms. The number of Topliss-reactive ketones (excluding diaryl/α,β-unsaturated/α-hetero) is 1. The summed E-state index contributed by atoms with van der Waals surface area (Å²) >= 11 is 0. The summed E-state index contributed by atoms with van der Waals surface area (Å²) < 4.78 is 49.3. The molecule has 0 unspecified atom stereocenters. The number of benzene rings is 2. The van der Waals surface area contributed by atoms with Crippen LogP contribution in [0.5, 0.6) is 5.75 Å². The van der Waals surface area contributed by atoms with E-state index in [9.17, 15) is 22.8 Å². The van der Waals surface area contributed by atoms with E-state index < -0.39 is 17.6 Å². The second-order valence-corrected chi connectivity index (χ2v) is 6.57. The van der Waals surface area contributed by atoms with Gasteiger partial charge in [0, 0.05) is 25.5 Å². The number of ketones is 1. The van der Waals surface area contributed by atoms with Crippen molar-refractivity contribution in [2.75, 3.05) is 25.6 Å². The molecule has 0 atom stereocenters. The van der Waals surface area contributed by atoms with Crippen molar-refractivity contribution in [2.24, 2.45) is 0 Å². The number of alkyl halides is 3. The van der Waals surface area contributed by atoms with E-state index in [1.54, 1.807) is 12.1 Å². The van der Waals surface area contributed by atoms with Crippen molar-refractivity contribution in [1.82, 2.24) is 0 Å². The Morgan fingerprint density at radius 3 is 2.30 bits per heavy atom. The van der Waals surface area contributed by atoms with E-state index in [-0.39, 0.29) is 43.3 Å². The van der Waals surface area contributed by atoms with Gasteiger partial charge in [-0.05, 0) is 30.2 Å². The first-order valence-corrected chi connectivity index (χ1v) is 9.49. The molecule has 0 aliphatic rings. The van der Waals surface area contributed by atoms with E-state index in [1.165, 1.54) is 7.11 Å². The van der Waals surface area contributed by atoms with Gasteiger partial charge in [0.25, 0.3) is 0 Å². The number of carbonyl (C=O) groups is 2. The first kappa shape index (κ1) is 23.4. The van der Waals surface area contributed by atoms with E-state index in [2.05, 4.69) is 5.32 Å². The van der Waals surface area contributed by atoms with Crippen molar-refractivity contribution in [3.63, 3.8) is 0 Å². The zero-order valence-electron chi connectivity index (χ0n) is 16.8. The van der Waals surface area contributed by atoms with E-state index in [0.29, 0.717) is 5.56 Å². The Bertz CT molecular complexity index is 864. The molecule has 30 heavy (non-hydrogen) atoms. The number of nitrogens with one attached hydrogen (secondary N) is 1.